The second-order valence-electron chi connectivity index (χ2n) is 4.01. The van der Waals surface area contributed by atoms with Gasteiger partial charge in [-0.2, -0.15) is 5.26 Å². The standard InChI is InChI=1S/C15H12BrFN2/c1-2-19(15-6-4-3-5-14(15)17)13-8-11(10-18)7-12(16)9-13/h3-9H,2H2,1H3. The predicted molar refractivity (Wildman–Crippen MR) is 77.9 cm³/mol. The molecule has 0 radical (unpaired) electrons. The van der Waals surface area contributed by atoms with Gasteiger partial charge in [-0.1, -0.05) is 28.1 Å². The van der Waals surface area contributed by atoms with Gasteiger partial charge in [0.15, 0.2) is 0 Å². The summed E-state index contributed by atoms with van der Waals surface area (Å²) in [6, 6.07) is 14.1. The highest BCUT2D eigenvalue weighted by Crippen LogP contribution is 2.30. The molecule has 0 bridgehead atoms. The molecule has 0 heterocycles. The van der Waals surface area contributed by atoms with E-state index in [4.69, 9.17) is 5.26 Å². The second kappa shape index (κ2) is 5.85. The van der Waals surface area contributed by atoms with Crippen molar-refractivity contribution < 1.29 is 4.39 Å². The zero-order valence-corrected chi connectivity index (χ0v) is 12.0. The van der Waals surface area contributed by atoms with E-state index in [9.17, 15) is 4.39 Å². The summed E-state index contributed by atoms with van der Waals surface area (Å²) in [6.45, 7) is 2.56. The van der Waals surface area contributed by atoms with Crippen molar-refractivity contribution in [1.29, 1.82) is 5.26 Å². The van der Waals surface area contributed by atoms with E-state index in [0.717, 1.165) is 10.2 Å². The minimum atomic E-state index is -0.275. The Morgan fingerprint density at radius 2 is 2.00 bits per heavy atom. The molecule has 0 N–H and O–H groups in total. The van der Waals surface area contributed by atoms with Gasteiger partial charge in [0.25, 0.3) is 0 Å². The van der Waals surface area contributed by atoms with Crippen LogP contribution in [0.15, 0.2) is 46.9 Å². The third-order valence-electron chi connectivity index (χ3n) is 2.78. The van der Waals surface area contributed by atoms with Crippen LogP contribution in [0.5, 0.6) is 0 Å². The maximum Gasteiger partial charge on any atom is 0.146 e. The summed E-state index contributed by atoms with van der Waals surface area (Å²) in [4.78, 5) is 1.83. The number of hydrogen-bond donors (Lipinski definition) is 0. The van der Waals surface area contributed by atoms with E-state index >= 15 is 0 Å². The fourth-order valence-electron chi connectivity index (χ4n) is 1.96. The van der Waals surface area contributed by atoms with E-state index < -0.39 is 0 Å². The van der Waals surface area contributed by atoms with Crippen LogP contribution in [0.25, 0.3) is 0 Å². The van der Waals surface area contributed by atoms with Crippen LogP contribution in [0.3, 0.4) is 0 Å². The lowest BCUT2D eigenvalue weighted by atomic mass is 10.2. The van der Waals surface area contributed by atoms with Gasteiger partial charge < -0.3 is 4.90 Å². The number of halogens is 2. The molecule has 2 nitrogen and oxygen atoms in total. The third kappa shape index (κ3) is 2.94. The first-order valence-electron chi connectivity index (χ1n) is 5.88. The number of nitriles is 1. The van der Waals surface area contributed by atoms with E-state index in [1.54, 1.807) is 30.3 Å². The van der Waals surface area contributed by atoms with Crippen LogP contribution in [0.4, 0.5) is 15.8 Å². The first-order chi connectivity index (χ1) is 9.15. The smallest absolute Gasteiger partial charge is 0.146 e. The topological polar surface area (TPSA) is 27.0 Å². The Morgan fingerprint density at radius 3 is 2.63 bits per heavy atom. The highest BCUT2D eigenvalue weighted by Gasteiger charge is 2.12. The lowest BCUT2D eigenvalue weighted by Crippen LogP contribution is -2.17. The van der Waals surface area contributed by atoms with Gasteiger partial charge in [-0.25, -0.2) is 4.39 Å². The Hall–Kier alpha value is -1.86. The van der Waals surface area contributed by atoms with Gasteiger partial charge >= 0.3 is 0 Å². The zero-order chi connectivity index (χ0) is 13.8. The van der Waals surface area contributed by atoms with E-state index in [-0.39, 0.29) is 5.82 Å². The molecule has 0 aliphatic rings. The Morgan fingerprint density at radius 1 is 1.26 bits per heavy atom. The summed E-state index contributed by atoms with van der Waals surface area (Å²) in [5.74, 6) is -0.275. The number of anilines is 2. The van der Waals surface area contributed by atoms with Crippen molar-refractivity contribution in [2.75, 3.05) is 11.4 Å². The molecular weight excluding hydrogens is 307 g/mol. The minimum Gasteiger partial charge on any atom is -0.339 e. The number of rotatable bonds is 3. The summed E-state index contributed by atoms with van der Waals surface area (Å²) < 4.78 is 14.7. The molecule has 0 aromatic heterocycles. The maximum atomic E-state index is 13.9. The van der Waals surface area contributed by atoms with Crippen LogP contribution >= 0.6 is 15.9 Å². The molecule has 96 valence electrons. The molecule has 0 saturated heterocycles. The van der Waals surface area contributed by atoms with Crippen LogP contribution in [-0.4, -0.2) is 6.54 Å². The molecule has 0 aliphatic carbocycles. The summed E-state index contributed by atoms with van der Waals surface area (Å²) in [6.07, 6.45) is 0. The molecule has 2 aromatic carbocycles. The largest absolute Gasteiger partial charge is 0.339 e. The Labute approximate surface area is 120 Å². The third-order valence-corrected chi connectivity index (χ3v) is 3.24. The SMILES string of the molecule is CCN(c1cc(Br)cc(C#N)c1)c1ccccc1F. The van der Waals surface area contributed by atoms with Crippen molar-refractivity contribution in [3.05, 3.63) is 58.3 Å². The van der Waals surface area contributed by atoms with Crippen molar-refractivity contribution in [1.82, 2.24) is 0 Å². The average molecular weight is 319 g/mol. The van der Waals surface area contributed by atoms with Crippen LogP contribution in [0.2, 0.25) is 0 Å². The molecule has 0 saturated carbocycles. The summed E-state index contributed by atoms with van der Waals surface area (Å²) in [5, 5.41) is 9.00. The predicted octanol–water partition coefficient (Wildman–Crippen LogP) is 4.62. The minimum absolute atomic E-state index is 0.275. The molecule has 4 heteroatoms. The monoisotopic (exact) mass is 318 g/mol. The van der Waals surface area contributed by atoms with Gasteiger partial charge in [-0.05, 0) is 37.3 Å². The average Bonchev–Trinajstić information content (AvgIpc) is 2.41. The molecule has 0 unspecified atom stereocenters. The normalized spacial score (nSPS) is 10.0. The van der Waals surface area contributed by atoms with Crippen molar-refractivity contribution in [3.63, 3.8) is 0 Å². The molecular formula is C15H12BrFN2. The first kappa shape index (κ1) is 13.6. The van der Waals surface area contributed by atoms with Crippen molar-refractivity contribution in [2.45, 2.75) is 6.92 Å². The van der Waals surface area contributed by atoms with Crippen LogP contribution in [0.1, 0.15) is 12.5 Å². The number of benzene rings is 2. The summed E-state index contributed by atoms with van der Waals surface area (Å²) >= 11 is 3.37. The number of nitrogens with zero attached hydrogens (tertiary/aromatic N) is 2. The Bertz CT molecular complexity index is 634. The molecule has 0 atom stereocenters. The number of para-hydroxylation sites is 1. The summed E-state index contributed by atoms with van der Waals surface area (Å²) in [7, 11) is 0. The summed E-state index contributed by atoms with van der Waals surface area (Å²) in [5.41, 5.74) is 1.84. The maximum absolute atomic E-state index is 13.9. The van der Waals surface area contributed by atoms with Gasteiger partial charge in [0, 0.05) is 16.7 Å². The highest BCUT2D eigenvalue weighted by molar-refractivity contribution is 9.10. The molecule has 19 heavy (non-hydrogen) atoms. The Balaban J connectivity index is 2.52. The van der Waals surface area contributed by atoms with Crippen molar-refractivity contribution >= 4 is 27.3 Å². The second-order valence-corrected chi connectivity index (χ2v) is 4.92. The van der Waals surface area contributed by atoms with Crippen LogP contribution in [0, 0.1) is 17.1 Å². The highest BCUT2D eigenvalue weighted by atomic mass is 79.9. The molecule has 0 aliphatic heterocycles. The van der Waals surface area contributed by atoms with Crippen molar-refractivity contribution in [3.8, 4) is 6.07 Å². The fourth-order valence-corrected chi connectivity index (χ4v) is 2.44. The van der Waals surface area contributed by atoms with E-state index in [1.165, 1.54) is 6.07 Å². The molecule has 0 spiro atoms. The quantitative estimate of drug-likeness (QED) is 0.825. The van der Waals surface area contributed by atoms with Gasteiger partial charge in [-0.3, -0.25) is 0 Å². The lowest BCUT2D eigenvalue weighted by molar-refractivity contribution is 0.625. The van der Waals surface area contributed by atoms with Crippen LogP contribution < -0.4 is 4.90 Å². The van der Waals surface area contributed by atoms with E-state index in [2.05, 4.69) is 22.0 Å². The van der Waals surface area contributed by atoms with Gasteiger partial charge in [-0.15, -0.1) is 0 Å². The zero-order valence-electron chi connectivity index (χ0n) is 10.4. The Kier molecular flexibility index (Phi) is 4.18. The van der Waals surface area contributed by atoms with Gasteiger partial charge in [0.05, 0.1) is 17.3 Å². The number of hydrogen-bond acceptors (Lipinski definition) is 2. The van der Waals surface area contributed by atoms with Gasteiger partial charge in [0.2, 0.25) is 0 Å². The van der Waals surface area contributed by atoms with Crippen molar-refractivity contribution in [2.24, 2.45) is 0 Å². The molecule has 2 aromatic rings. The fraction of sp³-hybridized carbons (Fsp3) is 0.133. The lowest BCUT2D eigenvalue weighted by Gasteiger charge is -2.24. The molecule has 0 amide bonds. The van der Waals surface area contributed by atoms with E-state index in [0.29, 0.717) is 17.8 Å². The molecule has 2 rings (SSSR count). The van der Waals surface area contributed by atoms with Crippen LogP contribution in [-0.2, 0) is 0 Å². The molecule has 0 fully saturated rings. The van der Waals surface area contributed by atoms with Gasteiger partial charge in [0.1, 0.15) is 5.82 Å². The first-order valence-corrected chi connectivity index (χ1v) is 6.67. The van der Waals surface area contributed by atoms with E-state index in [1.807, 2.05) is 17.9 Å².